The van der Waals surface area contributed by atoms with E-state index in [1.165, 1.54) is 12.5 Å². The molecular formula is C21H22N2O3. The van der Waals surface area contributed by atoms with Gasteiger partial charge in [0, 0.05) is 25.7 Å². The van der Waals surface area contributed by atoms with Gasteiger partial charge < -0.3 is 15.0 Å². The number of rotatable bonds is 4. The van der Waals surface area contributed by atoms with Crippen LogP contribution in [0.2, 0.25) is 0 Å². The van der Waals surface area contributed by atoms with Crippen molar-refractivity contribution < 1.29 is 14.3 Å². The molecule has 2 aromatic carbocycles. The highest BCUT2D eigenvalue weighted by Gasteiger charge is 2.19. The zero-order valence-electron chi connectivity index (χ0n) is 14.8. The van der Waals surface area contributed by atoms with Crippen LogP contribution in [-0.4, -0.2) is 30.0 Å². The monoisotopic (exact) mass is 350 g/mol. The lowest BCUT2D eigenvalue weighted by molar-refractivity contribution is -0.114. The molecule has 1 heterocycles. The summed E-state index contributed by atoms with van der Waals surface area (Å²) in [5, 5.41) is 2.76. The van der Waals surface area contributed by atoms with E-state index in [9.17, 15) is 9.59 Å². The molecule has 2 aromatic rings. The van der Waals surface area contributed by atoms with Crippen LogP contribution in [0.1, 0.15) is 24.5 Å². The highest BCUT2D eigenvalue weighted by molar-refractivity contribution is 5.88. The Morgan fingerprint density at radius 3 is 2.42 bits per heavy atom. The molecule has 0 saturated heterocycles. The molecule has 0 saturated carbocycles. The molecule has 1 aliphatic heterocycles. The quantitative estimate of drug-likeness (QED) is 0.904. The Hall–Kier alpha value is -3.08. The van der Waals surface area contributed by atoms with Crippen molar-refractivity contribution in [3.63, 3.8) is 0 Å². The molecule has 2 amide bonds. The summed E-state index contributed by atoms with van der Waals surface area (Å²) >= 11 is 0. The van der Waals surface area contributed by atoms with Gasteiger partial charge in [-0.2, -0.15) is 0 Å². The van der Waals surface area contributed by atoms with E-state index in [0.717, 1.165) is 23.2 Å². The summed E-state index contributed by atoms with van der Waals surface area (Å²) in [4.78, 5) is 25.0. The number of hydrogen-bond donors (Lipinski definition) is 1. The second kappa shape index (κ2) is 8.34. The van der Waals surface area contributed by atoms with Crippen LogP contribution in [0.25, 0.3) is 5.57 Å². The average molecular weight is 350 g/mol. The lowest BCUT2D eigenvalue weighted by atomic mass is 9.99. The van der Waals surface area contributed by atoms with Crippen molar-refractivity contribution in [1.29, 1.82) is 0 Å². The van der Waals surface area contributed by atoms with E-state index in [1.54, 1.807) is 4.90 Å². The molecule has 0 unspecified atom stereocenters. The first-order valence-corrected chi connectivity index (χ1v) is 8.64. The maximum absolute atomic E-state index is 12.2. The van der Waals surface area contributed by atoms with Gasteiger partial charge in [-0.25, -0.2) is 4.79 Å². The molecule has 0 aromatic heterocycles. The predicted octanol–water partition coefficient (Wildman–Crippen LogP) is 4.07. The lowest BCUT2D eigenvalue weighted by Gasteiger charge is -2.26. The normalized spacial score (nSPS) is 13.7. The van der Waals surface area contributed by atoms with Gasteiger partial charge >= 0.3 is 6.09 Å². The zero-order valence-corrected chi connectivity index (χ0v) is 14.8. The molecule has 0 fully saturated rings. The van der Waals surface area contributed by atoms with Crippen molar-refractivity contribution in [2.24, 2.45) is 0 Å². The Bertz CT molecular complexity index is 798. The van der Waals surface area contributed by atoms with E-state index in [1.807, 2.05) is 54.6 Å². The summed E-state index contributed by atoms with van der Waals surface area (Å²) in [7, 11) is 0. The summed E-state index contributed by atoms with van der Waals surface area (Å²) in [6, 6.07) is 17.4. The number of ether oxygens (including phenoxy) is 1. The van der Waals surface area contributed by atoms with Gasteiger partial charge in [-0.1, -0.05) is 48.5 Å². The number of anilines is 1. The smallest absolute Gasteiger partial charge is 0.410 e. The number of carbonyl (C=O) groups is 2. The minimum atomic E-state index is -0.287. The van der Waals surface area contributed by atoms with Crippen molar-refractivity contribution in [2.45, 2.75) is 20.0 Å². The summed E-state index contributed by atoms with van der Waals surface area (Å²) in [6.45, 7) is 2.95. The molecule has 1 aliphatic rings. The molecule has 0 aliphatic carbocycles. The van der Waals surface area contributed by atoms with E-state index in [0.29, 0.717) is 13.1 Å². The van der Waals surface area contributed by atoms with Crippen LogP contribution in [0.4, 0.5) is 10.5 Å². The molecule has 0 atom stereocenters. The Labute approximate surface area is 153 Å². The predicted molar refractivity (Wildman–Crippen MR) is 102 cm³/mol. The summed E-state index contributed by atoms with van der Waals surface area (Å²) < 4.78 is 5.38. The fourth-order valence-electron chi connectivity index (χ4n) is 2.88. The van der Waals surface area contributed by atoms with Crippen LogP contribution < -0.4 is 5.32 Å². The Kier molecular flexibility index (Phi) is 5.69. The number of nitrogens with one attached hydrogen (secondary N) is 1. The van der Waals surface area contributed by atoms with Gasteiger partial charge in [-0.05, 0) is 35.3 Å². The van der Waals surface area contributed by atoms with Crippen LogP contribution in [0.5, 0.6) is 0 Å². The molecular weight excluding hydrogens is 328 g/mol. The lowest BCUT2D eigenvalue weighted by Crippen LogP contribution is -2.35. The van der Waals surface area contributed by atoms with E-state index in [4.69, 9.17) is 4.74 Å². The second-order valence-corrected chi connectivity index (χ2v) is 6.22. The number of hydrogen-bond acceptors (Lipinski definition) is 3. The zero-order chi connectivity index (χ0) is 18.4. The van der Waals surface area contributed by atoms with E-state index >= 15 is 0 Å². The number of nitrogens with zero attached hydrogens (tertiary/aromatic N) is 1. The van der Waals surface area contributed by atoms with Gasteiger partial charge in [0.25, 0.3) is 0 Å². The molecule has 3 rings (SSSR count). The van der Waals surface area contributed by atoms with Crippen molar-refractivity contribution in [2.75, 3.05) is 18.4 Å². The topological polar surface area (TPSA) is 58.6 Å². The van der Waals surface area contributed by atoms with Crippen LogP contribution >= 0.6 is 0 Å². The summed E-state index contributed by atoms with van der Waals surface area (Å²) in [6.07, 6.45) is 2.55. The van der Waals surface area contributed by atoms with E-state index in [2.05, 4.69) is 11.4 Å². The fourth-order valence-corrected chi connectivity index (χ4v) is 2.88. The van der Waals surface area contributed by atoms with Crippen molar-refractivity contribution in [1.82, 2.24) is 4.90 Å². The maximum Gasteiger partial charge on any atom is 0.410 e. The van der Waals surface area contributed by atoms with Crippen LogP contribution in [0.15, 0.2) is 60.7 Å². The first kappa shape index (κ1) is 17.7. The van der Waals surface area contributed by atoms with Gasteiger partial charge in [0.15, 0.2) is 0 Å². The van der Waals surface area contributed by atoms with Crippen molar-refractivity contribution in [3.05, 3.63) is 71.8 Å². The molecule has 5 heteroatoms. The number of amides is 2. The SMILES string of the molecule is CC(=O)Nc1ccc(C2=CCN(C(=O)OCc3ccccc3)CC2)cc1. The van der Waals surface area contributed by atoms with Crippen LogP contribution in [0, 0.1) is 0 Å². The van der Waals surface area contributed by atoms with E-state index in [-0.39, 0.29) is 18.6 Å². The van der Waals surface area contributed by atoms with Gasteiger partial charge in [-0.15, -0.1) is 0 Å². The Balaban J connectivity index is 1.54. The maximum atomic E-state index is 12.2. The second-order valence-electron chi connectivity index (χ2n) is 6.22. The molecule has 134 valence electrons. The molecule has 5 nitrogen and oxygen atoms in total. The summed E-state index contributed by atoms with van der Waals surface area (Å²) in [5.41, 5.74) is 4.07. The van der Waals surface area contributed by atoms with E-state index < -0.39 is 0 Å². The van der Waals surface area contributed by atoms with Gasteiger partial charge in [0.2, 0.25) is 5.91 Å². The third kappa shape index (κ3) is 4.72. The largest absolute Gasteiger partial charge is 0.445 e. The highest BCUT2D eigenvalue weighted by Crippen LogP contribution is 2.24. The molecule has 1 N–H and O–H groups in total. The third-order valence-corrected chi connectivity index (χ3v) is 4.25. The molecule has 0 bridgehead atoms. The number of carbonyl (C=O) groups excluding carboxylic acids is 2. The first-order chi connectivity index (χ1) is 12.6. The molecule has 0 radical (unpaired) electrons. The standard InChI is InChI=1S/C21H22N2O3/c1-16(24)22-20-9-7-18(8-10-20)19-11-13-23(14-12-19)21(25)26-15-17-5-3-2-4-6-17/h2-11H,12-15H2,1H3,(H,22,24). The van der Waals surface area contributed by atoms with Crippen LogP contribution in [-0.2, 0) is 16.1 Å². The summed E-state index contributed by atoms with van der Waals surface area (Å²) in [5.74, 6) is -0.0840. The van der Waals surface area contributed by atoms with Crippen molar-refractivity contribution >= 4 is 23.3 Å². The third-order valence-electron chi connectivity index (χ3n) is 4.25. The van der Waals surface area contributed by atoms with Gasteiger partial charge in [0.1, 0.15) is 6.61 Å². The van der Waals surface area contributed by atoms with Crippen LogP contribution in [0.3, 0.4) is 0 Å². The Morgan fingerprint density at radius 2 is 1.81 bits per heavy atom. The van der Waals surface area contributed by atoms with Gasteiger partial charge in [-0.3, -0.25) is 4.79 Å². The first-order valence-electron chi connectivity index (χ1n) is 8.64. The minimum Gasteiger partial charge on any atom is -0.445 e. The minimum absolute atomic E-state index is 0.0840. The average Bonchev–Trinajstić information content (AvgIpc) is 2.67. The molecule has 26 heavy (non-hydrogen) atoms. The van der Waals surface area contributed by atoms with Crippen molar-refractivity contribution in [3.8, 4) is 0 Å². The molecule has 0 spiro atoms. The number of benzene rings is 2. The highest BCUT2D eigenvalue weighted by atomic mass is 16.6. The van der Waals surface area contributed by atoms with Gasteiger partial charge in [0.05, 0.1) is 0 Å². The fraction of sp³-hybridized carbons (Fsp3) is 0.238. The Morgan fingerprint density at radius 1 is 1.08 bits per heavy atom.